The second-order valence-corrected chi connectivity index (χ2v) is 5.29. The highest BCUT2D eigenvalue weighted by Crippen LogP contribution is 2.24. The molecule has 0 fully saturated rings. The molecule has 0 unspecified atom stereocenters. The van der Waals surface area contributed by atoms with Gasteiger partial charge < -0.3 is 0 Å². The number of nitro benzene ring substituents is 1. The molecule has 6 nitrogen and oxygen atoms in total. The van der Waals surface area contributed by atoms with Gasteiger partial charge in [0.05, 0.1) is 9.82 Å². The summed E-state index contributed by atoms with van der Waals surface area (Å²) in [5, 5.41) is 10.7. The van der Waals surface area contributed by atoms with Gasteiger partial charge in [0.25, 0.3) is 5.69 Å². The van der Waals surface area contributed by atoms with Crippen molar-refractivity contribution in [3.63, 3.8) is 0 Å². The van der Waals surface area contributed by atoms with Gasteiger partial charge in [0, 0.05) is 18.2 Å². The quantitative estimate of drug-likeness (QED) is 0.641. The Hall–Kier alpha value is -1.47. The first-order valence-electron chi connectivity index (χ1n) is 5.14. The molecule has 0 aliphatic heterocycles. The number of sulfonamides is 1. The molecule has 0 aliphatic carbocycles. The molecule has 0 heterocycles. The highest BCUT2D eigenvalue weighted by Gasteiger charge is 2.21. The van der Waals surface area contributed by atoms with Crippen LogP contribution >= 0.6 is 0 Å². The molecule has 0 radical (unpaired) electrons. The van der Waals surface area contributed by atoms with E-state index in [1.165, 1.54) is 25.1 Å². The van der Waals surface area contributed by atoms with Crippen LogP contribution in [0.15, 0.2) is 23.1 Å². The number of nitrogens with one attached hydrogen (secondary N) is 1. The van der Waals surface area contributed by atoms with Gasteiger partial charge in [-0.3, -0.25) is 10.1 Å². The zero-order valence-electron chi connectivity index (χ0n) is 9.63. The number of benzene rings is 1. The second-order valence-electron chi connectivity index (χ2n) is 3.56. The standard InChI is InChI=1S/C10H14N2O4S/c1-3-7-11-17(15,16)10-6-4-5-9(8(10)2)12(13)14/h4-6,11H,3,7H2,1-2H3. The number of nitro groups is 1. The predicted octanol–water partition coefficient (Wildman–Crippen LogP) is 1.59. The Kier molecular flexibility index (Phi) is 4.19. The molecule has 0 aliphatic rings. The summed E-state index contributed by atoms with van der Waals surface area (Å²) >= 11 is 0. The van der Waals surface area contributed by atoms with Crippen LogP contribution in [0.3, 0.4) is 0 Å². The Bertz CT molecular complexity index is 525. The van der Waals surface area contributed by atoms with Crippen molar-refractivity contribution < 1.29 is 13.3 Å². The maximum absolute atomic E-state index is 11.9. The first-order chi connectivity index (χ1) is 7.90. The largest absolute Gasteiger partial charge is 0.273 e. The third-order valence-corrected chi connectivity index (χ3v) is 3.89. The summed E-state index contributed by atoms with van der Waals surface area (Å²) < 4.78 is 26.1. The van der Waals surface area contributed by atoms with Crippen LogP contribution in [0.25, 0.3) is 0 Å². The third-order valence-electron chi connectivity index (χ3n) is 2.28. The van der Waals surface area contributed by atoms with E-state index >= 15 is 0 Å². The van der Waals surface area contributed by atoms with Gasteiger partial charge in [-0.25, -0.2) is 13.1 Å². The first-order valence-corrected chi connectivity index (χ1v) is 6.62. The number of rotatable bonds is 5. The van der Waals surface area contributed by atoms with Crippen LogP contribution in [0.1, 0.15) is 18.9 Å². The van der Waals surface area contributed by atoms with Crippen LogP contribution in [0.4, 0.5) is 5.69 Å². The normalized spacial score (nSPS) is 11.4. The lowest BCUT2D eigenvalue weighted by Gasteiger charge is -2.08. The fourth-order valence-corrected chi connectivity index (χ4v) is 2.80. The molecule has 0 saturated heterocycles. The minimum Gasteiger partial charge on any atom is -0.258 e. The van der Waals surface area contributed by atoms with Crippen LogP contribution in [-0.4, -0.2) is 19.9 Å². The summed E-state index contributed by atoms with van der Waals surface area (Å²) in [7, 11) is -3.66. The molecule has 1 aromatic rings. The van der Waals surface area contributed by atoms with Crippen molar-refractivity contribution in [1.82, 2.24) is 4.72 Å². The van der Waals surface area contributed by atoms with Crippen molar-refractivity contribution in [1.29, 1.82) is 0 Å². The van der Waals surface area contributed by atoms with E-state index in [1.54, 1.807) is 0 Å². The Morgan fingerprint density at radius 3 is 2.59 bits per heavy atom. The minimum absolute atomic E-state index is 0.0415. The predicted molar refractivity (Wildman–Crippen MR) is 63.3 cm³/mol. The zero-order valence-corrected chi connectivity index (χ0v) is 10.5. The van der Waals surface area contributed by atoms with E-state index in [1.807, 2.05) is 6.92 Å². The molecule has 0 spiro atoms. The van der Waals surface area contributed by atoms with E-state index in [-0.39, 0.29) is 16.1 Å². The molecule has 1 rings (SSSR count). The molecule has 1 aromatic carbocycles. The first kappa shape index (κ1) is 13.6. The molecule has 0 saturated carbocycles. The van der Waals surface area contributed by atoms with Gasteiger partial charge in [0.2, 0.25) is 10.0 Å². The van der Waals surface area contributed by atoms with Crippen LogP contribution < -0.4 is 4.72 Å². The van der Waals surface area contributed by atoms with Crippen molar-refractivity contribution >= 4 is 15.7 Å². The van der Waals surface area contributed by atoms with Crippen LogP contribution in [-0.2, 0) is 10.0 Å². The van der Waals surface area contributed by atoms with E-state index in [0.717, 1.165) is 0 Å². The van der Waals surface area contributed by atoms with Gasteiger partial charge in [-0.2, -0.15) is 0 Å². The van der Waals surface area contributed by atoms with E-state index in [2.05, 4.69) is 4.72 Å². The summed E-state index contributed by atoms with van der Waals surface area (Å²) in [6.07, 6.45) is 0.660. The van der Waals surface area contributed by atoms with E-state index in [9.17, 15) is 18.5 Å². The maximum atomic E-state index is 11.9. The van der Waals surface area contributed by atoms with Crippen molar-refractivity contribution in [2.45, 2.75) is 25.2 Å². The van der Waals surface area contributed by atoms with Gasteiger partial charge in [-0.05, 0) is 19.4 Å². The smallest absolute Gasteiger partial charge is 0.258 e. The Labute approximate surface area is 99.9 Å². The molecular weight excluding hydrogens is 244 g/mol. The van der Waals surface area contributed by atoms with Crippen molar-refractivity contribution in [3.8, 4) is 0 Å². The maximum Gasteiger partial charge on any atom is 0.273 e. The highest BCUT2D eigenvalue weighted by molar-refractivity contribution is 7.89. The summed E-state index contributed by atoms with van der Waals surface area (Å²) in [5.74, 6) is 0. The Morgan fingerprint density at radius 2 is 2.06 bits per heavy atom. The number of hydrogen-bond acceptors (Lipinski definition) is 4. The lowest BCUT2D eigenvalue weighted by molar-refractivity contribution is -0.385. The van der Waals surface area contributed by atoms with Crippen molar-refractivity contribution in [2.75, 3.05) is 6.54 Å². The van der Waals surface area contributed by atoms with Gasteiger partial charge in [0.1, 0.15) is 0 Å². The molecule has 0 amide bonds. The topological polar surface area (TPSA) is 89.3 Å². The minimum atomic E-state index is -3.66. The summed E-state index contributed by atoms with van der Waals surface area (Å²) in [5.41, 5.74) is -0.0366. The number of hydrogen-bond donors (Lipinski definition) is 1. The molecular formula is C10H14N2O4S. The molecule has 17 heavy (non-hydrogen) atoms. The molecule has 0 atom stereocenters. The Balaban J connectivity index is 3.24. The third kappa shape index (κ3) is 3.01. The molecule has 94 valence electrons. The fourth-order valence-electron chi connectivity index (χ4n) is 1.41. The van der Waals surface area contributed by atoms with E-state index < -0.39 is 14.9 Å². The lowest BCUT2D eigenvalue weighted by atomic mass is 10.2. The van der Waals surface area contributed by atoms with Crippen LogP contribution in [0.5, 0.6) is 0 Å². The van der Waals surface area contributed by atoms with Crippen LogP contribution in [0, 0.1) is 17.0 Å². The van der Waals surface area contributed by atoms with Crippen LogP contribution in [0.2, 0.25) is 0 Å². The summed E-state index contributed by atoms with van der Waals surface area (Å²) in [6, 6.07) is 4.01. The fraction of sp³-hybridized carbons (Fsp3) is 0.400. The molecule has 1 N–H and O–H groups in total. The highest BCUT2D eigenvalue weighted by atomic mass is 32.2. The molecule has 0 aromatic heterocycles. The Morgan fingerprint density at radius 1 is 1.41 bits per heavy atom. The van der Waals surface area contributed by atoms with E-state index in [4.69, 9.17) is 0 Å². The van der Waals surface area contributed by atoms with Gasteiger partial charge in [-0.15, -0.1) is 0 Å². The SMILES string of the molecule is CCCNS(=O)(=O)c1cccc([N+](=O)[O-])c1C. The average molecular weight is 258 g/mol. The zero-order chi connectivity index (χ0) is 13.1. The summed E-state index contributed by atoms with van der Waals surface area (Å²) in [4.78, 5) is 10.1. The second kappa shape index (κ2) is 5.24. The monoisotopic (exact) mass is 258 g/mol. The number of nitrogens with zero attached hydrogens (tertiary/aromatic N) is 1. The molecule has 0 bridgehead atoms. The van der Waals surface area contributed by atoms with Crippen molar-refractivity contribution in [2.24, 2.45) is 0 Å². The average Bonchev–Trinajstić information content (AvgIpc) is 2.26. The van der Waals surface area contributed by atoms with Gasteiger partial charge in [0.15, 0.2) is 0 Å². The van der Waals surface area contributed by atoms with Crippen molar-refractivity contribution in [3.05, 3.63) is 33.9 Å². The lowest BCUT2D eigenvalue weighted by Crippen LogP contribution is -2.25. The van der Waals surface area contributed by atoms with Gasteiger partial charge in [-0.1, -0.05) is 13.0 Å². The molecule has 7 heteroatoms. The van der Waals surface area contributed by atoms with Gasteiger partial charge >= 0.3 is 0 Å². The summed E-state index contributed by atoms with van der Waals surface area (Å²) in [6.45, 7) is 3.58. The van der Waals surface area contributed by atoms with E-state index in [0.29, 0.717) is 13.0 Å².